The molecule has 3 aromatic rings. The Kier molecular flexibility index (Phi) is 5.23. The summed E-state index contributed by atoms with van der Waals surface area (Å²) in [6.07, 6.45) is -4.08. The van der Waals surface area contributed by atoms with Crippen molar-refractivity contribution in [2.24, 2.45) is 0 Å². The fourth-order valence-corrected chi connectivity index (χ4v) is 2.67. The lowest BCUT2D eigenvalue weighted by Crippen LogP contribution is -2.06. The molecule has 0 heterocycles. The van der Waals surface area contributed by atoms with Gasteiger partial charge in [0, 0.05) is 0 Å². The van der Waals surface area contributed by atoms with Gasteiger partial charge in [0.05, 0.1) is 10.6 Å². The summed E-state index contributed by atoms with van der Waals surface area (Å²) in [7, 11) is 0. The monoisotopic (exact) mass is 398 g/mol. The van der Waals surface area contributed by atoms with Crippen molar-refractivity contribution in [1.82, 2.24) is 0 Å². The summed E-state index contributed by atoms with van der Waals surface area (Å²) in [5.41, 5.74) is -1.20. The van der Waals surface area contributed by atoms with E-state index in [4.69, 9.17) is 21.1 Å². The van der Waals surface area contributed by atoms with Crippen molar-refractivity contribution >= 4 is 28.7 Å². The van der Waals surface area contributed by atoms with Crippen LogP contribution in [0.4, 0.5) is 17.6 Å². The van der Waals surface area contributed by atoms with Crippen LogP contribution in [0, 0.1) is 5.82 Å². The van der Waals surface area contributed by atoms with E-state index in [-0.39, 0.29) is 12.4 Å². The minimum Gasteiger partial charge on any atom is -0.486 e. The largest absolute Gasteiger partial charge is 0.486 e. The maximum Gasteiger partial charge on any atom is 0.416 e. The van der Waals surface area contributed by atoms with Crippen LogP contribution in [0.2, 0.25) is 5.02 Å². The lowest BCUT2D eigenvalue weighted by Gasteiger charge is -2.13. The molecule has 140 valence electrons. The van der Waals surface area contributed by atoms with Crippen LogP contribution in [-0.2, 0) is 11.0 Å². The van der Waals surface area contributed by atoms with E-state index >= 15 is 0 Å². The minimum atomic E-state index is -4.71. The lowest BCUT2D eigenvalue weighted by atomic mass is 10.1. The number of hydrogen-bond donors (Lipinski definition) is 0. The molecule has 0 N–H and O–H groups in total. The van der Waals surface area contributed by atoms with Crippen LogP contribution in [-0.4, -0.2) is 12.9 Å². The molecule has 0 spiro atoms. The van der Waals surface area contributed by atoms with Crippen LogP contribution in [0.1, 0.15) is 5.56 Å². The minimum absolute atomic E-state index is 0.0710. The van der Waals surface area contributed by atoms with Gasteiger partial charge in [-0.2, -0.15) is 13.2 Å². The molecule has 0 saturated heterocycles. The van der Waals surface area contributed by atoms with Gasteiger partial charge in [0.15, 0.2) is 17.9 Å². The Hall–Kier alpha value is -2.80. The number of aldehydes is 1. The molecule has 0 aliphatic carbocycles. The summed E-state index contributed by atoms with van der Waals surface area (Å²) in [4.78, 5) is 10.3. The average molecular weight is 399 g/mol. The summed E-state index contributed by atoms with van der Waals surface area (Å²) in [6, 6.07) is 10.7. The second-order valence-corrected chi connectivity index (χ2v) is 5.92. The summed E-state index contributed by atoms with van der Waals surface area (Å²) in [5.74, 6) is -1.01. The molecule has 3 nitrogen and oxygen atoms in total. The van der Waals surface area contributed by atoms with Crippen molar-refractivity contribution in [3.63, 3.8) is 0 Å². The molecule has 0 radical (unpaired) electrons. The number of hydrogen-bond acceptors (Lipinski definition) is 3. The molecule has 27 heavy (non-hydrogen) atoms. The Bertz CT molecular complexity index is 979. The molecule has 0 saturated carbocycles. The Morgan fingerprint density at radius 1 is 0.963 bits per heavy atom. The predicted molar refractivity (Wildman–Crippen MR) is 92.0 cm³/mol. The third kappa shape index (κ3) is 4.31. The third-order valence-corrected chi connectivity index (χ3v) is 3.93. The van der Waals surface area contributed by atoms with Crippen molar-refractivity contribution in [2.75, 3.05) is 6.61 Å². The SMILES string of the molecule is O=CCOc1ccc2cc(Oc3c(F)cc(C(F)(F)F)cc3Cl)ccc2c1. The zero-order valence-corrected chi connectivity index (χ0v) is 14.3. The van der Waals surface area contributed by atoms with E-state index in [9.17, 15) is 22.4 Å². The molecule has 0 bridgehead atoms. The third-order valence-electron chi connectivity index (χ3n) is 3.65. The van der Waals surface area contributed by atoms with Crippen LogP contribution in [0.3, 0.4) is 0 Å². The van der Waals surface area contributed by atoms with Gasteiger partial charge in [-0.3, -0.25) is 4.79 Å². The van der Waals surface area contributed by atoms with Crippen molar-refractivity contribution in [1.29, 1.82) is 0 Å². The standard InChI is InChI=1S/C19H11ClF4O3/c20-16-9-13(19(22,23)24)10-17(21)18(16)27-15-4-2-11-7-14(26-6-5-25)3-1-12(11)8-15/h1-5,7-10H,6H2. The van der Waals surface area contributed by atoms with E-state index < -0.39 is 28.3 Å². The van der Waals surface area contributed by atoms with Gasteiger partial charge in [0.1, 0.15) is 18.1 Å². The van der Waals surface area contributed by atoms with E-state index in [1.807, 2.05) is 0 Å². The maximum absolute atomic E-state index is 14.1. The van der Waals surface area contributed by atoms with Crippen LogP contribution in [0.5, 0.6) is 17.2 Å². The number of carbonyl (C=O) groups excluding carboxylic acids is 1. The normalized spacial score (nSPS) is 11.4. The first-order chi connectivity index (χ1) is 12.8. The second kappa shape index (κ2) is 7.44. The van der Waals surface area contributed by atoms with Gasteiger partial charge in [-0.05, 0) is 47.2 Å². The summed E-state index contributed by atoms with van der Waals surface area (Å²) in [6.45, 7) is -0.0710. The molecular formula is C19H11ClF4O3. The highest BCUT2D eigenvalue weighted by Crippen LogP contribution is 2.39. The molecule has 0 aromatic heterocycles. The second-order valence-electron chi connectivity index (χ2n) is 5.52. The number of fused-ring (bicyclic) bond motifs is 1. The number of rotatable bonds is 5. The van der Waals surface area contributed by atoms with Crippen molar-refractivity contribution in [3.8, 4) is 17.2 Å². The van der Waals surface area contributed by atoms with Crippen LogP contribution < -0.4 is 9.47 Å². The topological polar surface area (TPSA) is 35.5 Å². The van der Waals surface area contributed by atoms with E-state index in [1.165, 1.54) is 6.07 Å². The molecule has 0 atom stereocenters. The number of carbonyl (C=O) groups is 1. The van der Waals surface area contributed by atoms with Gasteiger partial charge in [-0.1, -0.05) is 23.7 Å². The molecule has 0 aliphatic heterocycles. The molecule has 0 amide bonds. The zero-order valence-electron chi connectivity index (χ0n) is 13.5. The number of benzene rings is 3. The number of halogens is 5. The van der Waals surface area contributed by atoms with Crippen molar-refractivity contribution in [2.45, 2.75) is 6.18 Å². The first-order valence-corrected chi connectivity index (χ1v) is 8.00. The van der Waals surface area contributed by atoms with Gasteiger partial charge in [0.25, 0.3) is 0 Å². The highest BCUT2D eigenvalue weighted by atomic mass is 35.5. The Morgan fingerprint density at radius 2 is 1.59 bits per heavy atom. The van der Waals surface area contributed by atoms with Gasteiger partial charge in [0.2, 0.25) is 0 Å². The fourth-order valence-electron chi connectivity index (χ4n) is 2.42. The smallest absolute Gasteiger partial charge is 0.416 e. The Labute approximate surface area is 156 Å². The van der Waals surface area contributed by atoms with Crippen molar-refractivity contribution in [3.05, 3.63) is 64.9 Å². The number of ether oxygens (including phenoxy) is 2. The first-order valence-electron chi connectivity index (χ1n) is 7.62. The van der Waals surface area contributed by atoms with E-state index in [1.54, 1.807) is 30.3 Å². The Morgan fingerprint density at radius 3 is 2.19 bits per heavy atom. The van der Waals surface area contributed by atoms with E-state index in [0.717, 1.165) is 10.8 Å². The van der Waals surface area contributed by atoms with Crippen molar-refractivity contribution < 1.29 is 31.8 Å². The van der Waals surface area contributed by atoms with E-state index in [0.29, 0.717) is 24.2 Å². The highest BCUT2D eigenvalue weighted by molar-refractivity contribution is 6.32. The zero-order chi connectivity index (χ0) is 19.6. The molecule has 3 aromatic carbocycles. The van der Waals surface area contributed by atoms with Crippen LogP contribution >= 0.6 is 11.6 Å². The quantitative estimate of drug-likeness (QED) is 0.389. The average Bonchev–Trinajstić information content (AvgIpc) is 2.61. The molecule has 0 unspecified atom stereocenters. The van der Waals surface area contributed by atoms with Gasteiger partial charge < -0.3 is 9.47 Å². The van der Waals surface area contributed by atoms with Gasteiger partial charge in [-0.25, -0.2) is 4.39 Å². The molecule has 0 fully saturated rings. The first kappa shape index (κ1) is 19.0. The molecule has 3 rings (SSSR count). The molecule has 8 heteroatoms. The summed E-state index contributed by atoms with van der Waals surface area (Å²) in [5, 5.41) is 0.999. The predicted octanol–water partition coefficient (Wildman–Crippen LogP) is 6.02. The maximum atomic E-state index is 14.1. The van der Waals surface area contributed by atoms with Gasteiger partial charge in [-0.15, -0.1) is 0 Å². The highest BCUT2D eigenvalue weighted by Gasteiger charge is 2.32. The van der Waals surface area contributed by atoms with E-state index in [2.05, 4.69) is 0 Å². The summed E-state index contributed by atoms with van der Waals surface area (Å²) < 4.78 is 62.7. The lowest BCUT2D eigenvalue weighted by molar-refractivity contribution is -0.137. The fraction of sp³-hybridized carbons (Fsp3) is 0.105. The number of alkyl halides is 3. The van der Waals surface area contributed by atoms with Gasteiger partial charge >= 0.3 is 6.18 Å². The summed E-state index contributed by atoms with van der Waals surface area (Å²) >= 11 is 5.77. The molecule has 0 aliphatic rings. The Balaban J connectivity index is 1.89. The van der Waals surface area contributed by atoms with Crippen LogP contribution in [0.25, 0.3) is 10.8 Å². The van der Waals surface area contributed by atoms with Crippen LogP contribution in [0.15, 0.2) is 48.5 Å². The molecular weight excluding hydrogens is 388 g/mol.